The molecular weight excluding hydrogens is 704 g/mol. The van der Waals surface area contributed by atoms with Crippen LogP contribution in [-0.2, 0) is 30.5 Å². The summed E-state index contributed by atoms with van der Waals surface area (Å²) in [5.41, 5.74) is 1.73. The van der Waals surface area contributed by atoms with Crippen LogP contribution in [0.2, 0.25) is 0 Å². The number of esters is 1. The number of nitro benzene ring substituents is 1. The van der Waals surface area contributed by atoms with Crippen LogP contribution >= 0.6 is 0 Å². The lowest BCUT2D eigenvalue weighted by atomic mass is 9.82. The van der Waals surface area contributed by atoms with Gasteiger partial charge in [0.25, 0.3) is 5.69 Å². The number of non-ortho nitro benzene ring substituents is 1. The first-order valence-electron chi connectivity index (χ1n) is 19.8. The fourth-order valence-corrected chi connectivity index (χ4v) is 7.73. The second-order valence-electron chi connectivity index (χ2n) is 14.6. The monoisotopic (exact) mass is 760 g/mol. The van der Waals surface area contributed by atoms with Crippen LogP contribution in [0.15, 0.2) is 65.9 Å². The van der Waals surface area contributed by atoms with Crippen LogP contribution < -0.4 is 10.6 Å². The summed E-state index contributed by atoms with van der Waals surface area (Å²) >= 11 is 0. The van der Waals surface area contributed by atoms with Crippen molar-refractivity contribution < 1.29 is 33.6 Å². The van der Waals surface area contributed by atoms with Crippen molar-refractivity contribution in [2.45, 2.75) is 90.3 Å². The van der Waals surface area contributed by atoms with E-state index >= 15 is 0 Å². The van der Waals surface area contributed by atoms with E-state index in [1.54, 1.807) is 11.8 Å². The molecule has 2 aromatic rings. The number of morpholine rings is 1. The predicted octanol–water partition coefficient (Wildman–Crippen LogP) is 5.48. The van der Waals surface area contributed by atoms with Crippen LogP contribution in [0.5, 0.6) is 0 Å². The van der Waals surface area contributed by atoms with Gasteiger partial charge in [-0.25, -0.2) is 9.59 Å². The van der Waals surface area contributed by atoms with E-state index in [0.29, 0.717) is 50.5 Å². The maximum absolute atomic E-state index is 14.3. The first kappa shape index (κ1) is 41.3. The van der Waals surface area contributed by atoms with Gasteiger partial charge in [-0.05, 0) is 61.8 Å². The Kier molecular flexibility index (Phi) is 15.6. The lowest BCUT2D eigenvalue weighted by Gasteiger charge is -2.39. The molecular formula is C41H56N6O8. The Bertz CT molecular complexity index is 1640. The molecule has 1 aliphatic carbocycles. The van der Waals surface area contributed by atoms with E-state index in [-0.39, 0.29) is 48.6 Å². The lowest BCUT2D eigenvalue weighted by Crippen LogP contribution is -2.56. The van der Waals surface area contributed by atoms with Crippen molar-refractivity contribution >= 4 is 29.5 Å². The van der Waals surface area contributed by atoms with Gasteiger partial charge < -0.3 is 25.0 Å². The van der Waals surface area contributed by atoms with Gasteiger partial charge in [0.1, 0.15) is 12.6 Å². The summed E-state index contributed by atoms with van der Waals surface area (Å²) in [6, 6.07) is 13.0. The van der Waals surface area contributed by atoms with Gasteiger partial charge in [0.2, 0.25) is 11.8 Å². The van der Waals surface area contributed by atoms with Gasteiger partial charge in [0, 0.05) is 63.5 Å². The second-order valence-corrected chi connectivity index (χ2v) is 14.6. The Morgan fingerprint density at radius 2 is 1.73 bits per heavy atom. The number of rotatable bonds is 18. The fourth-order valence-electron chi connectivity index (χ4n) is 7.73. The highest BCUT2D eigenvalue weighted by molar-refractivity contribution is 5.95. The SMILES string of the molecule is CCCCNC(=O)C(C1CCCCC1)N(CCN1CCOCC1)C(=O)CCCN1C(=O)NC(c2ccc([N+](=O)[O-])cc2)C(C(=O)OCc2ccccc2)=C1C. The molecule has 2 aromatic carbocycles. The normalized spacial score (nSPS) is 18.7. The smallest absolute Gasteiger partial charge is 0.338 e. The Morgan fingerprint density at radius 1 is 1.02 bits per heavy atom. The highest BCUT2D eigenvalue weighted by Gasteiger charge is 2.39. The Labute approximate surface area is 323 Å². The summed E-state index contributed by atoms with van der Waals surface area (Å²) in [6.07, 6.45) is 7.18. The van der Waals surface area contributed by atoms with Crippen LogP contribution in [0.4, 0.5) is 10.5 Å². The molecule has 1 saturated heterocycles. The van der Waals surface area contributed by atoms with Crippen LogP contribution in [0.1, 0.15) is 88.8 Å². The summed E-state index contributed by atoms with van der Waals surface area (Å²) in [5.74, 6) is -0.798. The van der Waals surface area contributed by atoms with Gasteiger partial charge >= 0.3 is 12.0 Å². The summed E-state index contributed by atoms with van der Waals surface area (Å²) < 4.78 is 11.3. The molecule has 14 nitrogen and oxygen atoms in total. The maximum Gasteiger partial charge on any atom is 0.338 e. The van der Waals surface area contributed by atoms with Crippen molar-refractivity contribution in [1.29, 1.82) is 0 Å². The van der Waals surface area contributed by atoms with Crippen molar-refractivity contribution in [3.63, 3.8) is 0 Å². The first-order valence-corrected chi connectivity index (χ1v) is 19.8. The summed E-state index contributed by atoms with van der Waals surface area (Å²) in [6.45, 7) is 8.33. The molecule has 0 spiro atoms. The number of urea groups is 1. The number of amides is 4. The van der Waals surface area contributed by atoms with E-state index in [1.807, 2.05) is 30.3 Å². The zero-order valence-corrected chi connectivity index (χ0v) is 32.2. The molecule has 2 aliphatic heterocycles. The molecule has 2 unspecified atom stereocenters. The molecule has 0 aromatic heterocycles. The standard InChI is InChI=1S/C41H56N6O8/c1-3-4-21-42-39(49)38(33-14-9-6-10-15-33)46(24-23-44-25-27-54-28-26-44)35(48)16-11-22-45-30(2)36(40(50)55-29-31-12-7-5-8-13-31)37(43-41(45)51)32-17-19-34(20-18-32)47(52)53/h5,7-8,12-13,17-20,33,37-38H,3-4,6,9-11,14-16,21-29H2,1-2H3,(H,42,49)(H,43,51). The Morgan fingerprint density at radius 3 is 2.40 bits per heavy atom. The largest absolute Gasteiger partial charge is 0.457 e. The number of nitrogens with one attached hydrogen (secondary N) is 2. The van der Waals surface area contributed by atoms with Crippen LogP contribution in [0, 0.1) is 16.0 Å². The van der Waals surface area contributed by atoms with Gasteiger partial charge in [0.15, 0.2) is 0 Å². The van der Waals surface area contributed by atoms with E-state index in [4.69, 9.17) is 9.47 Å². The van der Waals surface area contributed by atoms with Crippen LogP contribution in [0.25, 0.3) is 0 Å². The number of allylic oxidation sites excluding steroid dienone is 1. The zero-order valence-electron chi connectivity index (χ0n) is 32.2. The minimum atomic E-state index is -0.910. The third-order valence-electron chi connectivity index (χ3n) is 10.9. The lowest BCUT2D eigenvalue weighted by molar-refractivity contribution is -0.384. The maximum atomic E-state index is 14.3. The molecule has 2 fully saturated rings. The number of nitrogens with zero attached hydrogens (tertiary/aromatic N) is 4. The third kappa shape index (κ3) is 11.4. The minimum absolute atomic E-state index is 0.0142. The van der Waals surface area contributed by atoms with Gasteiger partial charge in [-0.2, -0.15) is 0 Å². The van der Waals surface area contributed by atoms with Crippen molar-refractivity contribution in [2.24, 2.45) is 5.92 Å². The molecule has 14 heteroatoms. The van der Waals surface area contributed by atoms with Crippen molar-refractivity contribution in [1.82, 2.24) is 25.3 Å². The van der Waals surface area contributed by atoms with Gasteiger partial charge in [-0.1, -0.05) is 62.9 Å². The first-order chi connectivity index (χ1) is 26.7. The fraction of sp³-hybridized carbons (Fsp3) is 0.561. The minimum Gasteiger partial charge on any atom is -0.457 e. The molecule has 5 rings (SSSR count). The number of hydrogen-bond donors (Lipinski definition) is 2. The van der Waals surface area contributed by atoms with Crippen LogP contribution in [0.3, 0.4) is 0 Å². The highest BCUT2D eigenvalue weighted by atomic mass is 16.6. The molecule has 0 radical (unpaired) electrons. The second kappa shape index (κ2) is 20.7. The number of nitro groups is 1. The summed E-state index contributed by atoms with van der Waals surface area (Å²) in [5, 5.41) is 17.4. The van der Waals surface area contributed by atoms with Crippen molar-refractivity contribution in [3.05, 3.63) is 87.1 Å². The van der Waals surface area contributed by atoms with Gasteiger partial charge in [-0.3, -0.25) is 29.5 Å². The Hall–Kier alpha value is -4.82. The topological polar surface area (TPSA) is 164 Å². The highest BCUT2D eigenvalue weighted by Crippen LogP contribution is 2.33. The molecule has 55 heavy (non-hydrogen) atoms. The number of ether oxygens (including phenoxy) is 2. The predicted molar refractivity (Wildman–Crippen MR) is 206 cm³/mol. The van der Waals surface area contributed by atoms with Gasteiger partial charge in [-0.15, -0.1) is 0 Å². The molecule has 2 atom stereocenters. The molecule has 2 heterocycles. The van der Waals surface area contributed by atoms with Crippen molar-refractivity contribution in [3.8, 4) is 0 Å². The number of carbonyl (C=O) groups is 4. The zero-order chi connectivity index (χ0) is 39.2. The number of benzene rings is 2. The number of carbonyl (C=O) groups excluding carboxylic acids is 4. The third-order valence-corrected chi connectivity index (χ3v) is 10.9. The van der Waals surface area contributed by atoms with E-state index in [1.165, 1.54) is 29.2 Å². The molecule has 3 aliphatic rings. The van der Waals surface area contributed by atoms with E-state index in [2.05, 4.69) is 22.5 Å². The molecule has 298 valence electrons. The molecule has 2 N–H and O–H groups in total. The summed E-state index contributed by atoms with van der Waals surface area (Å²) in [7, 11) is 0. The summed E-state index contributed by atoms with van der Waals surface area (Å²) in [4.78, 5) is 72.0. The average Bonchev–Trinajstić information content (AvgIpc) is 3.20. The van der Waals surface area contributed by atoms with E-state index in [0.717, 1.165) is 63.6 Å². The van der Waals surface area contributed by atoms with E-state index < -0.39 is 29.0 Å². The average molecular weight is 761 g/mol. The number of hydrogen-bond acceptors (Lipinski definition) is 9. The number of unbranched alkanes of at least 4 members (excludes halogenated alkanes) is 1. The van der Waals surface area contributed by atoms with E-state index in [9.17, 15) is 29.3 Å². The molecule has 0 bridgehead atoms. The van der Waals surface area contributed by atoms with Gasteiger partial charge in [0.05, 0.1) is 29.8 Å². The van der Waals surface area contributed by atoms with Crippen LogP contribution in [-0.4, -0.2) is 102 Å². The Balaban J connectivity index is 1.35. The van der Waals surface area contributed by atoms with Crippen molar-refractivity contribution in [2.75, 3.05) is 52.5 Å². The molecule has 1 saturated carbocycles. The molecule has 4 amide bonds. The quantitative estimate of drug-likeness (QED) is 0.0867.